The maximum Gasteiger partial charge on any atom is 0.126 e. The number of rotatable bonds is 2. The van der Waals surface area contributed by atoms with Crippen LogP contribution in [0.2, 0.25) is 0 Å². The van der Waals surface area contributed by atoms with Crippen LogP contribution >= 0.6 is 11.5 Å². The molecule has 1 heterocycles. The summed E-state index contributed by atoms with van der Waals surface area (Å²) in [7, 11) is 0. The summed E-state index contributed by atoms with van der Waals surface area (Å²) in [6.07, 6.45) is -1.13. The molecule has 0 amide bonds. The lowest BCUT2D eigenvalue weighted by Crippen LogP contribution is -2.16. The van der Waals surface area contributed by atoms with Crippen LogP contribution in [0.1, 0.15) is 43.0 Å². The predicted octanol–water partition coefficient (Wildman–Crippen LogP) is 3.20. The Morgan fingerprint density at radius 1 is 1.16 bits per heavy atom. The second kappa shape index (κ2) is 4.94. The summed E-state index contributed by atoms with van der Waals surface area (Å²) in [6.45, 7) is 5.81. The molecule has 3 nitrogen and oxygen atoms in total. The van der Waals surface area contributed by atoms with Gasteiger partial charge in [-0.3, -0.25) is 0 Å². The van der Waals surface area contributed by atoms with Crippen molar-refractivity contribution in [2.75, 3.05) is 0 Å². The third-order valence-corrected chi connectivity index (χ3v) is 3.45. The Bertz CT molecular complexity index is 572. The van der Waals surface area contributed by atoms with Gasteiger partial charge in [0.25, 0.3) is 0 Å². The summed E-state index contributed by atoms with van der Waals surface area (Å²) in [4.78, 5) is 0.512. The zero-order chi connectivity index (χ0) is 14.2. The van der Waals surface area contributed by atoms with E-state index < -0.39 is 17.7 Å². The zero-order valence-corrected chi connectivity index (χ0v) is 11.6. The first-order chi connectivity index (χ1) is 8.79. The number of halogens is 2. The Morgan fingerprint density at radius 2 is 1.74 bits per heavy atom. The quantitative estimate of drug-likeness (QED) is 0.921. The van der Waals surface area contributed by atoms with Crippen molar-refractivity contribution in [3.63, 3.8) is 0 Å². The average molecular weight is 284 g/mol. The number of aliphatic hydroxyl groups is 1. The molecule has 0 bridgehead atoms. The summed E-state index contributed by atoms with van der Waals surface area (Å²) in [6, 6.07) is 2.99. The van der Waals surface area contributed by atoms with Gasteiger partial charge in [0.1, 0.15) is 17.7 Å². The van der Waals surface area contributed by atoms with Crippen molar-refractivity contribution < 1.29 is 13.9 Å². The number of aromatic nitrogens is 2. The van der Waals surface area contributed by atoms with E-state index in [1.54, 1.807) is 0 Å². The lowest BCUT2D eigenvalue weighted by molar-refractivity contribution is 0.220. The molecule has 1 aromatic heterocycles. The smallest absolute Gasteiger partial charge is 0.126 e. The van der Waals surface area contributed by atoms with Gasteiger partial charge in [0, 0.05) is 11.5 Å². The number of aliphatic hydroxyl groups excluding tert-OH is 1. The first-order valence-electron chi connectivity index (χ1n) is 5.76. The van der Waals surface area contributed by atoms with Gasteiger partial charge in [0.2, 0.25) is 0 Å². The molecule has 1 N–H and O–H groups in total. The number of hydrogen-bond acceptors (Lipinski definition) is 4. The summed E-state index contributed by atoms with van der Waals surface area (Å²) >= 11 is 1.04. The number of hydrogen-bond donors (Lipinski definition) is 1. The number of benzene rings is 1. The Balaban J connectivity index is 2.45. The van der Waals surface area contributed by atoms with E-state index in [1.165, 1.54) is 0 Å². The minimum Gasteiger partial charge on any atom is -0.383 e. The van der Waals surface area contributed by atoms with Gasteiger partial charge in [-0.15, -0.1) is 5.10 Å². The first kappa shape index (κ1) is 14.0. The normalized spacial score (nSPS) is 13.6. The van der Waals surface area contributed by atoms with E-state index >= 15 is 0 Å². The third-order valence-electron chi connectivity index (χ3n) is 2.67. The van der Waals surface area contributed by atoms with Gasteiger partial charge in [-0.05, 0) is 29.2 Å². The molecule has 1 unspecified atom stereocenters. The maximum atomic E-state index is 13.2. The van der Waals surface area contributed by atoms with Crippen molar-refractivity contribution in [1.29, 1.82) is 0 Å². The van der Waals surface area contributed by atoms with E-state index in [0.29, 0.717) is 10.6 Å². The lowest BCUT2D eigenvalue weighted by atomic mass is 9.89. The molecule has 0 aliphatic carbocycles. The Labute approximate surface area is 114 Å². The predicted molar refractivity (Wildman–Crippen MR) is 69.0 cm³/mol. The molecule has 0 spiro atoms. The summed E-state index contributed by atoms with van der Waals surface area (Å²) < 4.78 is 30.2. The molecular formula is C13H14F2N2OS. The van der Waals surface area contributed by atoms with Crippen molar-refractivity contribution in [3.8, 4) is 0 Å². The van der Waals surface area contributed by atoms with E-state index in [-0.39, 0.29) is 11.0 Å². The second-order valence-electron chi connectivity index (χ2n) is 5.34. The molecule has 0 fully saturated rings. The fourth-order valence-corrected chi connectivity index (χ4v) is 2.66. The molecule has 1 atom stereocenters. The molecule has 0 radical (unpaired) electrons. The SMILES string of the molecule is CC(C)(C)c1nnsc1C(O)c1cc(F)cc(F)c1. The summed E-state index contributed by atoms with van der Waals surface area (Å²) in [5.41, 5.74) is 0.499. The monoisotopic (exact) mass is 284 g/mol. The van der Waals surface area contributed by atoms with Crippen LogP contribution in [0.4, 0.5) is 8.78 Å². The molecule has 0 saturated heterocycles. The highest BCUT2D eigenvalue weighted by Gasteiger charge is 2.27. The van der Waals surface area contributed by atoms with Crippen LogP contribution in [0, 0.1) is 11.6 Å². The van der Waals surface area contributed by atoms with Crippen LogP contribution in [0.25, 0.3) is 0 Å². The van der Waals surface area contributed by atoms with Crippen molar-refractivity contribution in [1.82, 2.24) is 9.59 Å². The third kappa shape index (κ3) is 2.96. The minimum atomic E-state index is -1.13. The van der Waals surface area contributed by atoms with E-state index in [1.807, 2.05) is 20.8 Å². The van der Waals surface area contributed by atoms with E-state index in [2.05, 4.69) is 9.59 Å². The molecule has 2 aromatic rings. The van der Waals surface area contributed by atoms with E-state index in [4.69, 9.17) is 0 Å². The molecule has 2 rings (SSSR count). The molecule has 1 aromatic carbocycles. The first-order valence-corrected chi connectivity index (χ1v) is 6.53. The summed E-state index contributed by atoms with van der Waals surface area (Å²) in [5, 5.41) is 14.3. The van der Waals surface area contributed by atoms with Gasteiger partial charge in [0.05, 0.1) is 10.6 Å². The molecular weight excluding hydrogens is 270 g/mol. The topological polar surface area (TPSA) is 46.0 Å². The Kier molecular flexibility index (Phi) is 3.64. The Hall–Kier alpha value is -1.40. The van der Waals surface area contributed by atoms with Gasteiger partial charge >= 0.3 is 0 Å². The second-order valence-corrected chi connectivity index (χ2v) is 6.13. The van der Waals surface area contributed by atoms with Gasteiger partial charge < -0.3 is 5.11 Å². The van der Waals surface area contributed by atoms with Crippen molar-refractivity contribution in [3.05, 3.63) is 46.0 Å². The van der Waals surface area contributed by atoms with Crippen LogP contribution in [0.5, 0.6) is 0 Å². The van der Waals surface area contributed by atoms with Crippen LogP contribution in [-0.2, 0) is 5.41 Å². The molecule has 102 valence electrons. The highest BCUT2D eigenvalue weighted by molar-refractivity contribution is 7.05. The molecule has 0 saturated carbocycles. The average Bonchev–Trinajstić information content (AvgIpc) is 2.74. The molecule has 19 heavy (non-hydrogen) atoms. The Morgan fingerprint density at radius 3 is 2.26 bits per heavy atom. The highest BCUT2D eigenvalue weighted by Crippen LogP contribution is 2.33. The van der Waals surface area contributed by atoms with Gasteiger partial charge in [-0.1, -0.05) is 25.3 Å². The highest BCUT2D eigenvalue weighted by atomic mass is 32.1. The van der Waals surface area contributed by atoms with E-state index in [0.717, 1.165) is 29.7 Å². The van der Waals surface area contributed by atoms with Crippen molar-refractivity contribution in [2.45, 2.75) is 32.3 Å². The largest absolute Gasteiger partial charge is 0.383 e. The van der Waals surface area contributed by atoms with E-state index in [9.17, 15) is 13.9 Å². The van der Waals surface area contributed by atoms with Crippen LogP contribution in [0.3, 0.4) is 0 Å². The van der Waals surface area contributed by atoms with Gasteiger partial charge in [0.15, 0.2) is 0 Å². The standard InChI is InChI=1S/C13H14F2N2OS/c1-13(2,3)12-11(19-17-16-12)10(18)7-4-8(14)6-9(15)5-7/h4-6,10,18H,1-3H3. The summed E-state index contributed by atoms with van der Waals surface area (Å²) in [5.74, 6) is -1.44. The van der Waals surface area contributed by atoms with Crippen molar-refractivity contribution in [2.24, 2.45) is 0 Å². The van der Waals surface area contributed by atoms with Crippen LogP contribution < -0.4 is 0 Å². The molecule has 6 heteroatoms. The minimum absolute atomic E-state index is 0.161. The fourth-order valence-electron chi connectivity index (χ4n) is 1.78. The van der Waals surface area contributed by atoms with Crippen molar-refractivity contribution >= 4 is 11.5 Å². The van der Waals surface area contributed by atoms with Gasteiger partial charge in [-0.2, -0.15) is 0 Å². The zero-order valence-electron chi connectivity index (χ0n) is 10.8. The number of nitrogens with zero attached hydrogens (tertiary/aromatic N) is 2. The maximum absolute atomic E-state index is 13.2. The van der Waals surface area contributed by atoms with Crippen LogP contribution in [-0.4, -0.2) is 14.7 Å². The lowest BCUT2D eigenvalue weighted by Gasteiger charge is -2.19. The fraction of sp³-hybridized carbons (Fsp3) is 0.385. The van der Waals surface area contributed by atoms with Crippen LogP contribution in [0.15, 0.2) is 18.2 Å². The van der Waals surface area contributed by atoms with Gasteiger partial charge in [-0.25, -0.2) is 8.78 Å². The molecule has 0 aliphatic rings. The molecule has 0 aliphatic heterocycles.